The molecule has 5 nitrogen and oxygen atoms in total. The van der Waals surface area contributed by atoms with E-state index in [0.29, 0.717) is 16.9 Å². The molecule has 1 atom stereocenters. The molecule has 3 aromatic rings. The second-order valence-corrected chi connectivity index (χ2v) is 7.01. The predicted molar refractivity (Wildman–Crippen MR) is 99.3 cm³/mol. The number of nitrogens with one attached hydrogen (secondary N) is 1. The highest BCUT2D eigenvalue weighted by atomic mass is 32.2. The normalized spacial score (nSPS) is 12.0. The van der Waals surface area contributed by atoms with E-state index in [-0.39, 0.29) is 5.91 Å². The van der Waals surface area contributed by atoms with Crippen LogP contribution in [0.2, 0.25) is 0 Å². The summed E-state index contributed by atoms with van der Waals surface area (Å²) in [4.78, 5) is 18.2. The van der Waals surface area contributed by atoms with Gasteiger partial charge >= 0.3 is 0 Å². The number of halogens is 2. The van der Waals surface area contributed by atoms with Crippen LogP contribution in [0.4, 0.5) is 8.78 Å². The number of hydrogen-bond acceptors (Lipinski definition) is 4. The number of aromatic nitrogens is 3. The number of nitrogens with zero attached hydrogens (tertiary/aromatic N) is 3. The second-order valence-electron chi connectivity index (χ2n) is 6.04. The zero-order chi connectivity index (χ0) is 19.4. The molecule has 8 heteroatoms. The molecule has 0 fully saturated rings. The summed E-state index contributed by atoms with van der Waals surface area (Å²) >= 11 is 1.51. The minimum absolute atomic E-state index is 0.193. The van der Waals surface area contributed by atoms with Gasteiger partial charge in [-0.05, 0) is 42.3 Å². The highest BCUT2D eigenvalue weighted by Crippen LogP contribution is 2.23. The molecule has 1 amide bonds. The lowest BCUT2D eigenvalue weighted by atomic mass is 10.1. The van der Waals surface area contributed by atoms with Gasteiger partial charge in [-0.1, -0.05) is 30.0 Å². The number of hydrogen-bond donors (Lipinski definition) is 1. The molecule has 0 aliphatic heterocycles. The Labute approximate surface area is 159 Å². The van der Waals surface area contributed by atoms with Gasteiger partial charge in [0.2, 0.25) is 0 Å². The van der Waals surface area contributed by atoms with Crippen LogP contribution in [0, 0.1) is 11.6 Å². The number of rotatable bonds is 6. The minimum atomic E-state index is -0.922. The van der Waals surface area contributed by atoms with Crippen LogP contribution in [-0.2, 0) is 5.75 Å². The van der Waals surface area contributed by atoms with Crippen LogP contribution in [-0.4, -0.2) is 33.0 Å². The fraction of sp³-hybridized carbons (Fsp3) is 0.211. The van der Waals surface area contributed by atoms with E-state index in [0.717, 1.165) is 22.9 Å². The van der Waals surface area contributed by atoms with Crippen molar-refractivity contribution in [1.82, 2.24) is 20.1 Å². The average molecular weight is 388 g/mol. The number of aromatic amines is 1. The number of benzene rings is 2. The molecule has 0 radical (unpaired) electrons. The monoisotopic (exact) mass is 388 g/mol. The van der Waals surface area contributed by atoms with Gasteiger partial charge in [0.15, 0.2) is 16.8 Å². The lowest BCUT2D eigenvalue weighted by Gasteiger charge is -2.25. The molecular formula is C19H18F2N4OS. The Morgan fingerprint density at radius 1 is 1.19 bits per heavy atom. The van der Waals surface area contributed by atoms with Gasteiger partial charge in [0, 0.05) is 18.4 Å². The Bertz CT molecular complexity index is 916. The summed E-state index contributed by atoms with van der Waals surface area (Å²) in [5, 5.41) is 7.30. The van der Waals surface area contributed by atoms with Gasteiger partial charge in [0.05, 0.1) is 6.04 Å². The number of carbonyl (C=O) groups is 1. The largest absolute Gasteiger partial charge is 0.335 e. The number of amides is 1. The molecule has 0 aliphatic carbocycles. The fourth-order valence-corrected chi connectivity index (χ4v) is 3.27. The van der Waals surface area contributed by atoms with E-state index in [1.165, 1.54) is 29.1 Å². The summed E-state index contributed by atoms with van der Waals surface area (Å²) < 4.78 is 26.6. The van der Waals surface area contributed by atoms with E-state index >= 15 is 0 Å². The molecule has 0 spiro atoms. The highest BCUT2D eigenvalue weighted by molar-refractivity contribution is 7.98. The molecule has 0 saturated carbocycles. The first-order valence-corrected chi connectivity index (χ1v) is 9.23. The van der Waals surface area contributed by atoms with Crippen molar-refractivity contribution in [3.8, 4) is 0 Å². The molecular weight excluding hydrogens is 370 g/mol. The Morgan fingerprint density at radius 2 is 1.93 bits per heavy atom. The summed E-state index contributed by atoms with van der Waals surface area (Å²) in [6.07, 6.45) is 1.45. The van der Waals surface area contributed by atoms with E-state index < -0.39 is 17.7 Å². The Hall–Kier alpha value is -2.74. The van der Waals surface area contributed by atoms with Gasteiger partial charge in [-0.25, -0.2) is 13.8 Å². The van der Waals surface area contributed by atoms with Crippen LogP contribution in [0.3, 0.4) is 0 Å². The summed E-state index contributed by atoms with van der Waals surface area (Å²) in [5.41, 5.74) is 2.11. The van der Waals surface area contributed by atoms with E-state index in [1.54, 1.807) is 26.1 Å². The predicted octanol–water partition coefficient (Wildman–Crippen LogP) is 4.21. The van der Waals surface area contributed by atoms with Gasteiger partial charge in [0.25, 0.3) is 5.91 Å². The first kappa shape index (κ1) is 19.0. The van der Waals surface area contributed by atoms with Crippen molar-refractivity contribution in [2.24, 2.45) is 0 Å². The number of carbonyl (C=O) groups excluding carboxylic acids is 1. The van der Waals surface area contributed by atoms with Gasteiger partial charge in [-0.2, -0.15) is 5.10 Å². The Morgan fingerprint density at radius 3 is 2.56 bits per heavy atom. The number of thioether (sulfide) groups is 1. The van der Waals surface area contributed by atoms with Crippen LogP contribution in [0.15, 0.2) is 53.9 Å². The van der Waals surface area contributed by atoms with E-state index in [4.69, 9.17) is 0 Å². The van der Waals surface area contributed by atoms with Crippen LogP contribution in [0.25, 0.3) is 0 Å². The van der Waals surface area contributed by atoms with Crippen LogP contribution in [0.5, 0.6) is 0 Å². The van der Waals surface area contributed by atoms with Crippen molar-refractivity contribution in [1.29, 1.82) is 0 Å². The molecule has 1 heterocycles. The topological polar surface area (TPSA) is 61.9 Å². The lowest BCUT2D eigenvalue weighted by molar-refractivity contribution is 0.0742. The average Bonchev–Trinajstić information content (AvgIpc) is 3.21. The standard InChI is InChI=1S/C19H18F2N4OS/c1-12(15-7-8-16(20)17(21)9-15)25(2)18(26)14-5-3-13(4-6-14)10-27-19-22-11-23-24-19/h3-9,11-12H,10H2,1-2H3,(H,22,23,24). The molecule has 1 unspecified atom stereocenters. The minimum Gasteiger partial charge on any atom is -0.335 e. The third-order valence-electron chi connectivity index (χ3n) is 4.30. The van der Waals surface area contributed by atoms with Crippen molar-refractivity contribution >= 4 is 17.7 Å². The summed E-state index contributed by atoms with van der Waals surface area (Å²) in [7, 11) is 1.64. The summed E-state index contributed by atoms with van der Waals surface area (Å²) in [5.74, 6) is -1.32. The van der Waals surface area contributed by atoms with Gasteiger partial charge in [0.1, 0.15) is 6.33 Å². The zero-order valence-electron chi connectivity index (χ0n) is 14.8. The van der Waals surface area contributed by atoms with Crippen molar-refractivity contribution < 1.29 is 13.6 Å². The fourth-order valence-electron chi connectivity index (χ4n) is 2.53. The molecule has 27 heavy (non-hydrogen) atoms. The Balaban J connectivity index is 1.66. The molecule has 0 saturated heterocycles. The maximum atomic E-state index is 13.5. The van der Waals surface area contributed by atoms with Crippen LogP contribution >= 0.6 is 11.8 Å². The second kappa shape index (κ2) is 8.30. The van der Waals surface area contributed by atoms with Crippen LogP contribution < -0.4 is 0 Å². The molecule has 0 bridgehead atoms. The van der Waals surface area contributed by atoms with E-state index in [1.807, 2.05) is 12.1 Å². The third-order valence-corrected chi connectivity index (χ3v) is 5.24. The number of H-pyrrole nitrogens is 1. The van der Waals surface area contributed by atoms with Crippen molar-refractivity contribution in [2.75, 3.05) is 7.05 Å². The third kappa shape index (κ3) is 4.51. The zero-order valence-corrected chi connectivity index (χ0v) is 15.6. The lowest BCUT2D eigenvalue weighted by Crippen LogP contribution is -2.29. The van der Waals surface area contributed by atoms with Crippen molar-refractivity contribution in [2.45, 2.75) is 23.9 Å². The maximum Gasteiger partial charge on any atom is 0.254 e. The van der Waals surface area contributed by atoms with Crippen LogP contribution in [0.1, 0.15) is 34.5 Å². The van der Waals surface area contributed by atoms with E-state index in [2.05, 4.69) is 15.2 Å². The molecule has 140 valence electrons. The smallest absolute Gasteiger partial charge is 0.254 e. The van der Waals surface area contributed by atoms with E-state index in [9.17, 15) is 13.6 Å². The maximum absolute atomic E-state index is 13.5. The van der Waals surface area contributed by atoms with Gasteiger partial charge in [-0.15, -0.1) is 0 Å². The van der Waals surface area contributed by atoms with Gasteiger partial charge < -0.3 is 4.90 Å². The molecule has 1 aromatic heterocycles. The quantitative estimate of drug-likeness (QED) is 0.643. The molecule has 0 aliphatic rings. The first-order valence-electron chi connectivity index (χ1n) is 8.25. The molecule has 1 N–H and O–H groups in total. The molecule has 2 aromatic carbocycles. The summed E-state index contributed by atoms with van der Waals surface area (Å²) in [6, 6.07) is 10.6. The van der Waals surface area contributed by atoms with Gasteiger partial charge in [-0.3, -0.25) is 9.89 Å². The van der Waals surface area contributed by atoms with Crippen molar-refractivity contribution in [3.63, 3.8) is 0 Å². The first-order chi connectivity index (χ1) is 13.0. The molecule has 3 rings (SSSR count). The highest BCUT2D eigenvalue weighted by Gasteiger charge is 2.20. The van der Waals surface area contributed by atoms with Crippen molar-refractivity contribution in [3.05, 3.63) is 77.1 Å². The Kier molecular flexibility index (Phi) is 5.85. The SMILES string of the molecule is CC(c1ccc(F)c(F)c1)N(C)C(=O)c1ccc(CSc2ncn[nH]2)cc1. The summed E-state index contributed by atoms with van der Waals surface area (Å²) in [6.45, 7) is 1.77.